The topological polar surface area (TPSA) is 39.7 Å². The number of benzene rings is 1. The molecule has 5 heteroatoms. The van der Waals surface area contributed by atoms with E-state index in [0.29, 0.717) is 0 Å². The minimum absolute atomic E-state index is 0.782. The second-order valence-electron chi connectivity index (χ2n) is 7.21. The highest BCUT2D eigenvalue weighted by molar-refractivity contribution is 7.07. The number of hydrogen-bond donors (Lipinski definition) is 2. The summed E-state index contributed by atoms with van der Waals surface area (Å²) in [6.45, 7) is 7.48. The van der Waals surface area contributed by atoms with Gasteiger partial charge < -0.3 is 10.6 Å². The molecule has 1 aliphatic heterocycles. The maximum Gasteiger partial charge on any atom is 0.191 e. The first-order valence-electron chi connectivity index (χ1n) is 9.48. The zero-order chi connectivity index (χ0) is 18.2. The average Bonchev–Trinajstić information content (AvgIpc) is 3.17. The zero-order valence-electron chi connectivity index (χ0n) is 15.9. The van der Waals surface area contributed by atoms with Gasteiger partial charge in [0.1, 0.15) is 0 Å². The molecule has 1 unspecified atom stereocenters. The normalized spacial score (nSPS) is 18.7. The molecular weight excluding hydrogens is 340 g/mol. The van der Waals surface area contributed by atoms with Crippen LogP contribution in [0.25, 0.3) is 0 Å². The molecule has 3 rings (SSSR count). The van der Waals surface area contributed by atoms with Gasteiger partial charge in [0.2, 0.25) is 0 Å². The second-order valence-corrected chi connectivity index (χ2v) is 7.99. The Bertz CT molecular complexity index is 679. The molecule has 1 atom stereocenters. The molecule has 0 spiro atoms. The quantitative estimate of drug-likeness (QED) is 0.599. The van der Waals surface area contributed by atoms with E-state index in [0.717, 1.165) is 31.5 Å². The standard InChI is InChI=1S/C21H30N4S/c1-17-4-3-10-25(14-17)15-19-7-5-18(6-8-19)12-23-21(22-2)24-13-20-9-11-26-16-20/h5-9,11,16-17H,3-4,10,12-15H2,1-2H3,(H2,22,23,24). The summed E-state index contributed by atoms with van der Waals surface area (Å²) in [6.07, 6.45) is 2.71. The number of nitrogens with zero attached hydrogens (tertiary/aromatic N) is 2. The van der Waals surface area contributed by atoms with Crippen LogP contribution in [-0.4, -0.2) is 31.0 Å². The van der Waals surface area contributed by atoms with E-state index >= 15 is 0 Å². The molecule has 1 aliphatic rings. The molecule has 0 radical (unpaired) electrons. The average molecular weight is 371 g/mol. The van der Waals surface area contributed by atoms with Crippen LogP contribution in [0.3, 0.4) is 0 Å². The Labute approximate surface area is 161 Å². The summed E-state index contributed by atoms with van der Waals surface area (Å²) >= 11 is 1.72. The summed E-state index contributed by atoms with van der Waals surface area (Å²) < 4.78 is 0. The van der Waals surface area contributed by atoms with Gasteiger partial charge in [0.25, 0.3) is 0 Å². The van der Waals surface area contributed by atoms with Gasteiger partial charge in [0.15, 0.2) is 5.96 Å². The van der Waals surface area contributed by atoms with Crippen molar-refractivity contribution in [2.45, 2.75) is 39.4 Å². The Morgan fingerprint density at radius 3 is 2.50 bits per heavy atom. The first-order chi connectivity index (χ1) is 12.7. The van der Waals surface area contributed by atoms with Crippen molar-refractivity contribution in [1.29, 1.82) is 0 Å². The van der Waals surface area contributed by atoms with Crippen LogP contribution in [-0.2, 0) is 19.6 Å². The monoisotopic (exact) mass is 370 g/mol. The van der Waals surface area contributed by atoms with Crippen molar-refractivity contribution in [3.05, 3.63) is 57.8 Å². The third kappa shape index (κ3) is 5.85. The number of likely N-dealkylation sites (tertiary alicyclic amines) is 1. The molecule has 26 heavy (non-hydrogen) atoms. The molecular formula is C21H30N4S. The first-order valence-corrected chi connectivity index (χ1v) is 10.4. The lowest BCUT2D eigenvalue weighted by Crippen LogP contribution is -2.36. The SMILES string of the molecule is CN=C(NCc1ccc(CN2CCCC(C)C2)cc1)NCc1ccsc1. The highest BCUT2D eigenvalue weighted by Gasteiger charge is 2.16. The lowest BCUT2D eigenvalue weighted by Gasteiger charge is -2.30. The van der Waals surface area contributed by atoms with Gasteiger partial charge in [-0.15, -0.1) is 0 Å². The largest absolute Gasteiger partial charge is 0.352 e. The van der Waals surface area contributed by atoms with Crippen LogP contribution in [0, 0.1) is 5.92 Å². The molecule has 1 saturated heterocycles. The van der Waals surface area contributed by atoms with Crippen LogP contribution in [0.1, 0.15) is 36.5 Å². The van der Waals surface area contributed by atoms with Crippen LogP contribution >= 0.6 is 11.3 Å². The summed E-state index contributed by atoms with van der Waals surface area (Å²) in [4.78, 5) is 6.88. The van der Waals surface area contributed by atoms with Crippen molar-refractivity contribution < 1.29 is 0 Å². The summed E-state index contributed by atoms with van der Waals surface area (Å²) in [5.74, 6) is 1.67. The fraction of sp³-hybridized carbons (Fsp3) is 0.476. The van der Waals surface area contributed by atoms with Gasteiger partial charge in [-0.1, -0.05) is 31.2 Å². The molecule has 1 aromatic heterocycles. The predicted octanol–water partition coefficient (Wildman–Crippen LogP) is 3.85. The van der Waals surface area contributed by atoms with Crippen molar-refractivity contribution in [2.75, 3.05) is 20.1 Å². The smallest absolute Gasteiger partial charge is 0.191 e. The molecule has 1 aromatic carbocycles. The summed E-state index contributed by atoms with van der Waals surface area (Å²) in [6, 6.07) is 11.1. The molecule has 0 amide bonds. The highest BCUT2D eigenvalue weighted by atomic mass is 32.1. The Morgan fingerprint density at radius 2 is 1.85 bits per heavy atom. The molecule has 2 aromatic rings. The Kier molecular flexibility index (Phi) is 7.09. The van der Waals surface area contributed by atoms with Crippen molar-refractivity contribution in [3.63, 3.8) is 0 Å². The number of hydrogen-bond acceptors (Lipinski definition) is 3. The number of aliphatic imine (C=N–C) groups is 1. The van der Waals surface area contributed by atoms with Crippen molar-refractivity contribution in [3.8, 4) is 0 Å². The maximum absolute atomic E-state index is 4.30. The van der Waals surface area contributed by atoms with Crippen molar-refractivity contribution in [1.82, 2.24) is 15.5 Å². The van der Waals surface area contributed by atoms with E-state index in [1.807, 2.05) is 7.05 Å². The molecule has 2 N–H and O–H groups in total. The first kappa shape index (κ1) is 18.9. The van der Waals surface area contributed by atoms with Gasteiger partial charge in [0.05, 0.1) is 0 Å². The van der Waals surface area contributed by atoms with Gasteiger partial charge in [-0.3, -0.25) is 9.89 Å². The Morgan fingerprint density at radius 1 is 1.12 bits per heavy atom. The molecule has 4 nitrogen and oxygen atoms in total. The number of thiophene rings is 1. The van der Waals surface area contributed by atoms with Crippen molar-refractivity contribution >= 4 is 17.3 Å². The molecule has 0 aliphatic carbocycles. The van der Waals surface area contributed by atoms with Crippen LogP contribution in [0.15, 0.2) is 46.1 Å². The van der Waals surface area contributed by atoms with Gasteiger partial charge in [0, 0.05) is 33.2 Å². The van der Waals surface area contributed by atoms with E-state index in [1.165, 1.54) is 42.6 Å². The predicted molar refractivity (Wildman–Crippen MR) is 111 cm³/mol. The van der Waals surface area contributed by atoms with Crippen LogP contribution < -0.4 is 10.6 Å². The maximum atomic E-state index is 4.30. The molecule has 1 fully saturated rings. The van der Waals surface area contributed by atoms with Crippen molar-refractivity contribution in [2.24, 2.45) is 10.9 Å². The Balaban J connectivity index is 1.44. The summed E-state index contributed by atoms with van der Waals surface area (Å²) in [5, 5.41) is 11.0. The van der Waals surface area contributed by atoms with E-state index in [2.05, 4.69) is 68.5 Å². The van der Waals surface area contributed by atoms with Gasteiger partial charge in [-0.05, 0) is 58.8 Å². The lowest BCUT2D eigenvalue weighted by atomic mass is 9.99. The highest BCUT2D eigenvalue weighted by Crippen LogP contribution is 2.18. The minimum Gasteiger partial charge on any atom is -0.352 e. The second kappa shape index (κ2) is 9.74. The van der Waals surface area contributed by atoms with Crippen LogP contribution in [0.5, 0.6) is 0 Å². The fourth-order valence-electron chi connectivity index (χ4n) is 3.44. The third-order valence-corrected chi connectivity index (χ3v) is 5.63. The summed E-state index contributed by atoms with van der Waals surface area (Å²) in [7, 11) is 1.81. The van der Waals surface area contributed by atoms with E-state index < -0.39 is 0 Å². The molecule has 2 heterocycles. The van der Waals surface area contributed by atoms with Crippen LogP contribution in [0.4, 0.5) is 0 Å². The zero-order valence-corrected chi connectivity index (χ0v) is 16.7. The van der Waals surface area contributed by atoms with Gasteiger partial charge >= 0.3 is 0 Å². The number of guanidine groups is 1. The molecule has 0 bridgehead atoms. The van der Waals surface area contributed by atoms with E-state index in [-0.39, 0.29) is 0 Å². The van der Waals surface area contributed by atoms with E-state index in [4.69, 9.17) is 0 Å². The van der Waals surface area contributed by atoms with E-state index in [1.54, 1.807) is 11.3 Å². The number of piperidine rings is 1. The molecule has 0 saturated carbocycles. The lowest BCUT2D eigenvalue weighted by molar-refractivity contribution is 0.176. The fourth-order valence-corrected chi connectivity index (χ4v) is 4.11. The number of nitrogens with one attached hydrogen (secondary N) is 2. The number of rotatable bonds is 6. The van der Waals surface area contributed by atoms with Gasteiger partial charge in [-0.2, -0.15) is 11.3 Å². The summed E-state index contributed by atoms with van der Waals surface area (Å²) in [5.41, 5.74) is 3.97. The minimum atomic E-state index is 0.782. The Hall–Kier alpha value is -1.85. The molecule has 140 valence electrons. The van der Waals surface area contributed by atoms with E-state index in [9.17, 15) is 0 Å². The van der Waals surface area contributed by atoms with Gasteiger partial charge in [-0.25, -0.2) is 0 Å². The van der Waals surface area contributed by atoms with Crippen LogP contribution in [0.2, 0.25) is 0 Å². The third-order valence-electron chi connectivity index (χ3n) is 4.89.